The fraction of sp³-hybridized carbons (Fsp3) is 0.333. The van der Waals surface area contributed by atoms with Crippen molar-refractivity contribution in [2.75, 3.05) is 0 Å². The number of carbonyl (C=O) groups excluding carboxylic acids is 1. The number of nitrogens with one attached hydrogen (secondary N) is 1. The molecule has 0 unspecified atom stereocenters. The molecule has 4 nitrogen and oxygen atoms in total. The molecule has 0 saturated heterocycles. The van der Waals surface area contributed by atoms with Crippen molar-refractivity contribution in [1.82, 2.24) is 4.98 Å². The van der Waals surface area contributed by atoms with Crippen LogP contribution in [0.25, 0.3) is 10.9 Å². The van der Waals surface area contributed by atoms with Gasteiger partial charge in [0.2, 0.25) is 0 Å². The molecule has 0 spiro atoms. The number of carboxylic acids is 1. The summed E-state index contributed by atoms with van der Waals surface area (Å²) in [6, 6.07) is 5.31. The van der Waals surface area contributed by atoms with Crippen molar-refractivity contribution in [1.29, 1.82) is 0 Å². The average Bonchev–Trinajstić information content (AvgIpc) is 2.66. The zero-order valence-electron chi connectivity index (χ0n) is 11.7. The minimum absolute atomic E-state index is 0.255. The second-order valence-corrected chi connectivity index (χ2v) is 4.46. The molecule has 0 aliphatic heterocycles. The second-order valence-electron chi connectivity index (χ2n) is 4.46. The highest BCUT2D eigenvalue weighted by atomic mass is 16.4. The summed E-state index contributed by atoms with van der Waals surface area (Å²) in [6.45, 7) is 7.36. The normalized spacial score (nSPS) is 9.89. The molecule has 0 saturated carbocycles. The number of H-pyrrole nitrogens is 1. The fourth-order valence-corrected chi connectivity index (χ4v) is 1.66. The van der Waals surface area contributed by atoms with Crippen molar-refractivity contribution in [2.45, 2.75) is 34.1 Å². The van der Waals surface area contributed by atoms with Gasteiger partial charge in [0, 0.05) is 17.5 Å². The molecule has 102 valence electrons. The Hall–Kier alpha value is -2.10. The minimum Gasteiger partial charge on any atom is -0.478 e. The van der Waals surface area contributed by atoms with E-state index in [4.69, 9.17) is 5.11 Å². The van der Waals surface area contributed by atoms with Gasteiger partial charge in [-0.2, -0.15) is 0 Å². The van der Waals surface area contributed by atoms with Gasteiger partial charge < -0.3 is 14.9 Å². The number of aryl methyl sites for hydroxylation is 2. The SMILES string of the molecule is CCC(C)=O.Cc1[nH]c2c(C(=O)O)cccc2c1C. The van der Waals surface area contributed by atoms with Crippen LogP contribution in [0.1, 0.15) is 41.9 Å². The summed E-state index contributed by atoms with van der Waals surface area (Å²) in [5.41, 5.74) is 3.19. The molecule has 2 rings (SSSR count). The van der Waals surface area contributed by atoms with Crippen LogP contribution in [0.2, 0.25) is 0 Å². The number of aromatic carboxylic acids is 1. The van der Waals surface area contributed by atoms with Crippen LogP contribution < -0.4 is 0 Å². The summed E-state index contributed by atoms with van der Waals surface area (Å²) in [5.74, 6) is -0.637. The number of carboxylic acid groups (broad SMARTS) is 1. The molecule has 1 aromatic heterocycles. The first kappa shape index (κ1) is 15.0. The van der Waals surface area contributed by atoms with E-state index in [1.807, 2.05) is 26.8 Å². The van der Waals surface area contributed by atoms with Gasteiger partial charge in [-0.25, -0.2) is 4.79 Å². The highest BCUT2D eigenvalue weighted by Gasteiger charge is 2.11. The molecule has 0 bridgehead atoms. The first-order chi connectivity index (χ1) is 8.88. The zero-order chi connectivity index (χ0) is 14.6. The van der Waals surface area contributed by atoms with E-state index < -0.39 is 5.97 Å². The largest absolute Gasteiger partial charge is 0.478 e. The molecular weight excluding hydrogens is 242 g/mol. The number of aromatic amines is 1. The molecule has 2 N–H and O–H groups in total. The van der Waals surface area contributed by atoms with Gasteiger partial charge in [0.25, 0.3) is 0 Å². The van der Waals surface area contributed by atoms with Gasteiger partial charge in [-0.15, -0.1) is 0 Å². The van der Waals surface area contributed by atoms with Crippen LogP contribution in [-0.2, 0) is 4.79 Å². The maximum Gasteiger partial charge on any atom is 0.337 e. The van der Waals surface area contributed by atoms with Crippen LogP contribution in [0, 0.1) is 13.8 Å². The second kappa shape index (κ2) is 6.18. The third kappa shape index (κ3) is 3.44. The number of para-hydroxylation sites is 1. The maximum absolute atomic E-state index is 10.9. The van der Waals surface area contributed by atoms with Crippen LogP contribution in [0.4, 0.5) is 0 Å². The van der Waals surface area contributed by atoms with E-state index in [0.717, 1.165) is 22.2 Å². The Morgan fingerprint density at radius 1 is 1.26 bits per heavy atom. The molecule has 1 aromatic carbocycles. The average molecular weight is 261 g/mol. The lowest BCUT2D eigenvalue weighted by Gasteiger charge is -1.96. The van der Waals surface area contributed by atoms with E-state index in [-0.39, 0.29) is 5.78 Å². The van der Waals surface area contributed by atoms with Gasteiger partial charge in [0.1, 0.15) is 5.78 Å². The van der Waals surface area contributed by atoms with Crippen molar-refractivity contribution in [3.63, 3.8) is 0 Å². The monoisotopic (exact) mass is 261 g/mol. The van der Waals surface area contributed by atoms with E-state index in [1.165, 1.54) is 0 Å². The molecule has 19 heavy (non-hydrogen) atoms. The number of ketones is 1. The topological polar surface area (TPSA) is 70.2 Å². The van der Waals surface area contributed by atoms with E-state index in [9.17, 15) is 9.59 Å². The van der Waals surface area contributed by atoms with Crippen molar-refractivity contribution in [3.8, 4) is 0 Å². The highest BCUT2D eigenvalue weighted by Crippen LogP contribution is 2.23. The molecule has 4 heteroatoms. The molecule has 0 atom stereocenters. The lowest BCUT2D eigenvalue weighted by Crippen LogP contribution is -1.96. The van der Waals surface area contributed by atoms with Crippen molar-refractivity contribution >= 4 is 22.7 Å². The number of benzene rings is 1. The molecule has 1 heterocycles. The van der Waals surface area contributed by atoms with Crippen molar-refractivity contribution in [2.24, 2.45) is 0 Å². The highest BCUT2D eigenvalue weighted by molar-refractivity contribution is 6.03. The number of hydrogen-bond donors (Lipinski definition) is 2. The molecule has 0 amide bonds. The Morgan fingerprint density at radius 2 is 1.84 bits per heavy atom. The Bertz CT molecular complexity index is 611. The number of hydrogen-bond acceptors (Lipinski definition) is 2. The summed E-state index contributed by atoms with van der Waals surface area (Å²) >= 11 is 0. The summed E-state index contributed by atoms with van der Waals surface area (Å²) < 4.78 is 0. The molecule has 0 radical (unpaired) electrons. The Labute approximate surface area is 112 Å². The third-order valence-corrected chi connectivity index (χ3v) is 3.07. The zero-order valence-corrected chi connectivity index (χ0v) is 11.7. The number of carbonyl (C=O) groups is 2. The fourth-order valence-electron chi connectivity index (χ4n) is 1.66. The molecule has 2 aromatic rings. The van der Waals surface area contributed by atoms with Gasteiger partial charge in [-0.3, -0.25) is 0 Å². The van der Waals surface area contributed by atoms with E-state index in [2.05, 4.69) is 4.98 Å². The van der Waals surface area contributed by atoms with Gasteiger partial charge in [0.05, 0.1) is 11.1 Å². The Balaban J connectivity index is 0.000000312. The van der Waals surface area contributed by atoms with Crippen molar-refractivity contribution < 1.29 is 14.7 Å². The Morgan fingerprint density at radius 3 is 2.32 bits per heavy atom. The molecule has 0 fully saturated rings. The summed E-state index contributed by atoms with van der Waals surface area (Å²) in [4.78, 5) is 23.8. The van der Waals surface area contributed by atoms with Gasteiger partial charge in [-0.1, -0.05) is 19.1 Å². The molecule has 0 aliphatic rings. The summed E-state index contributed by atoms with van der Waals surface area (Å²) in [6.07, 6.45) is 0.667. The van der Waals surface area contributed by atoms with Crippen LogP contribution in [0.5, 0.6) is 0 Å². The van der Waals surface area contributed by atoms with Gasteiger partial charge in [-0.05, 0) is 32.4 Å². The van der Waals surface area contributed by atoms with E-state index in [0.29, 0.717) is 12.0 Å². The first-order valence-corrected chi connectivity index (χ1v) is 6.19. The summed E-state index contributed by atoms with van der Waals surface area (Å²) in [5, 5.41) is 9.95. The predicted molar refractivity (Wildman–Crippen MR) is 75.7 cm³/mol. The molecule has 0 aliphatic carbocycles. The lowest BCUT2D eigenvalue weighted by atomic mass is 10.1. The number of Topliss-reactive ketones (excluding diaryl/α,β-unsaturated/α-hetero) is 1. The molecular formula is C15H19NO3. The predicted octanol–water partition coefficient (Wildman–Crippen LogP) is 3.47. The standard InChI is InChI=1S/C11H11NO2.C4H8O/c1-6-7(2)12-10-8(6)4-3-5-9(10)11(13)14;1-3-4(2)5/h3-5,12H,1-2H3,(H,13,14);3H2,1-2H3. The van der Waals surface area contributed by atoms with Gasteiger partial charge >= 0.3 is 5.97 Å². The van der Waals surface area contributed by atoms with Crippen LogP contribution in [-0.4, -0.2) is 21.8 Å². The Kier molecular flexibility index (Phi) is 4.87. The number of rotatable bonds is 2. The first-order valence-electron chi connectivity index (χ1n) is 6.19. The number of aromatic nitrogens is 1. The maximum atomic E-state index is 10.9. The van der Waals surface area contributed by atoms with Crippen LogP contribution in [0.15, 0.2) is 18.2 Å². The van der Waals surface area contributed by atoms with E-state index >= 15 is 0 Å². The van der Waals surface area contributed by atoms with Crippen LogP contribution >= 0.6 is 0 Å². The smallest absolute Gasteiger partial charge is 0.337 e. The summed E-state index contributed by atoms with van der Waals surface area (Å²) in [7, 11) is 0. The minimum atomic E-state index is -0.892. The lowest BCUT2D eigenvalue weighted by molar-refractivity contribution is -0.116. The van der Waals surface area contributed by atoms with Gasteiger partial charge in [0.15, 0.2) is 0 Å². The quantitative estimate of drug-likeness (QED) is 0.869. The third-order valence-electron chi connectivity index (χ3n) is 3.07. The van der Waals surface area contributed by atoms with Crippen molar-refractivity contribution in [3.05, 3.63) is 35.0 Å². The van der Waals surface area contributed by atoms with E-state index in [1.54, 1.807) is 19.1 Å². The van der Waals surface area contributed by atoms with Crippen LogP contribution in [0.3, 0.4) is 0 Å². The number of fused-ring (bicyclic) bond motifs is 1.